The monoisotopic (exact) mass is 274 g/mol. The van der Waals surface area contributed by atoms with Crippen molar-refractivity contribution >= 4 is 24.5 Å². The Morgan fingerprint density at radius 3 is 2.29 bits per heavy atom. The minimum atomic E-state index is -3.34. The van der Waals surface area contributed by atoms with Gasteiger partial charge in [-0.25, -0.2) is 0 Å². The maximum Gasteiger partial charge on any atom is 0.361 e. The Balaban J connectivity index is 3.09. The van der Waals surface area contributed by atoms with Gasteiger partial charge in [-0.1, -0.05) is 36.4 Å². The first-order chi connectivity index (χ1) is 8.05. The van der Waals surface area contributed by atoms with Crippen LogP contribution in [-0.2, 0) is 13.6 Å². The van der Waals surface area contributed by atoms with E-state index in [1.807, 2.05) is 0 Å². The highest BCUT2D eigenvalue weighted by molar-refractivity contribution is 7.65. The first-order valence-electron chi connectivity index (χ1n) is 5.38. The zero-order chi connectivity index (χ0) is 12.9. The molecular formula is C12H16ClO3P. The smallest absolute Gasteiger partial charge is 0.305 e. The van der Waals surface area contributed by atoms with Gasteiger partial charge in [0.15, 0.2) is 0 Å². The van der Waals surface area contributed by atoms with E-state index in [0.29, 0.717) is 29.1 Å². The highest BCUT2D eigenvalue weighted by atomic mass is 35.5. The molecule has 0 amide bonds. The molecule has 0 N–H and O–H groups in total. The Kier molecular flexibility index (Phi) is 5.41. The van der Waals surface area contributed by atoms with Gasteiger partial charge in [0.1, 0.15) is 0 Å². The van der Waals surface area contributed by atoms with Gasteiger partial charge in [-0.2, -0.15) is 0 Å². The van der Waals surface area contributed by atoms with Gasteiger partial charge in [-0.3, -0.25) is 4.57 Å². The highest BCUT2D eigenvalue weighted by Gasteiger charge is 2.30. The van der Waals surface area contributed by atoms with Gasteiger partial charge >= 0.3 is 7.60 Å². The molecule has 1 aromatic rings. The Hall–Kier alpha value is -0.600. The molecule has 0 saturated carbocycles. The number of hydrogen-bond acceptors (Lipinski definition) is 3. The molecule has 94 valence electrons. The summed E-state index contributed by atoms with van der Waals surface area (Å²) in [4.78, 5) is 0. The third-order valence-electron chi connectivity index (χ3n) is 2.11. The summed E-state index contributed by atoms with van der Waals surface area (Å²) in [5.74, 6) is 0. The van der Waals surface area contributed by atoms with E-state index in [9.17, 15) is 4.57 Å². The lowest BCUT2D eigenvalue weighted by atomic mass is 10.2. The Morgan fingerprint density at radius 2 is 1.82 bits per heavy atom. The molecule has 0 heterocycles. The molecule has 17 heavy (non-hydrogen) atoms. The lowest BCUT2D eigenvalue weighted by molar-refractivity contribution is 0.230. The number of halogens is 1. The fourth-order valence-corrected chi connectivity index (χ4v) is 3.25. The van der Waals surface area contributed by atoms with Crippen molar-refractivity contribution in [2.75, 3.05) is 13.2 Å². The molecule has 0 radical (unpaired) electrons. The van der Waals surface area contributed by atoms with Gasteiger partial charge in [0, 0.05) is 10.6 Å². The van der Waals surface area contributed by atoms with Crippen LogP contribution in [0.2, 0.25) is 5.02 Å². The topological polar surface area (TPSA) is 35.5 Å². The highest BCUT2D eigenvalue weighted by Crippen LogP contribution is 2.60. The minimum Gasteiger partial charge on any atom is -0.305 e. The number of benzene rings is 1. The van der Waals surface area contributed by atoms with E-state index in [4.69, 9.17) is 20.6 Å². The van der Waals surface area contributed by atoms with Crippen LogP contribution in [0, 0.1) is 0 Å². The van der Waals surface area contributed by atoms with E-state index in [1.165, 1.54) is 0 Å². The van der Waals surface area contributed by atoms with E-state index in [1.54, 1.807) is 38.1 Å². The van der Waals surface area contributed by atoms with Crippen molar-refractivity contribution < 1.29 is 13.6 Å². The van der Waals surface area contributed by atoms with Crippen LogP contribution < -0.4 is 0 Å². The van der Waals surface area contributed by atoms with Crippen LogP contribution >= 0.6 is 19.2 Å². The molecule has 0 fully saturated rings. The summed E-state index contributed by atoms with van der Waals surface area (Å²) in [6.45, 7) is 7.89. The van der Waals surface area contributed by atoms with Crippen LogP contribution in [0.5, 0.6) is 0 Å². The van der Waals surface area contributed by atoms with Crippen LogP contribution in [0.15, 0.2) is 30.8 Å². The molecule has 1 rings (SSSR count). The van der Waals surface area contributed by atoms with Crippen LogP contribution in [-0.4, -0.2) is 13.2 Å². The van der Waals surface area contributed by atoms with Gasteiger partial charge in [0.2, 0.25) is 0 Å². The second-order valence-electron chi connectivity index (χ2n) is 3.26. The molecule has 0 spiro atoms. The third-order valence-corrected chi connectivity index (χ3v) is 4.54. The summed E-state index contributed by atoms with van der Waals surface area (Å²) in [5, 5.41) is 0.781. The zero-order valence-corrected chi connectivity index (χ0v) is 11.6. The first-order valence-corrected chi connectivity index (χ1v) is 7.30. The predicted octanol–water partition coefficient (Wildman–Crippen LogP) is 4.58. The van der Waals surface area contributed by atoms with E-state index >= 15 is 0 Å². The van der Waals surface area contributed by atoms with Crippen molar-refractivity contribution in [3.05, 3.63) is 41.4 Å². The molecular weight excluding hydrogens is 259 g/mol. The van der Waals surface area contributed by atoms with Crippen molar-refractivity contribution in [2.45, 2.75) is 13.8 Å². The van der Waals surface area contributed by atoms with Gasteiger partial charge in [0.25, 0.3) is 0 Å². The van der Waals surface area contributed by atoms with Gasteiger partial charge in [0.05, 0.1) is 18.5 Å². The van der Waals surface area contributed by atoms with Gasteiger partial charge < -0.3 is 9.05 Å². The van der Waals surface area contributed by atoms with Crippen LogP contribution in [0.4, 0.5) is 0 Å². The quantitative estimate of drug-likeness (QED) is 0.713. The summed E-state index contributed by atoms with van der Waals surface area (Å²) in [6.07, 6.45) is 0. The van der Waals surface area contributed by atoms with Crippen molar-refractivity contribution in [3.8, 4) is 0 Å². The maximum absolute atomic E-state index is 12.5. The van der Waals surface area contributed by atoms with Crippen molar-refractivity contribution in [1.82, 2.24) is 0 Å². The second kappa shape index (κ2) is 6.36. The Labute approximate surface area is 107 Å². The van der Waals surface area contributed by atoms with Crippen molar-refractivity contribution in [3.63, 3.8) is 0 Å². The van der Waals surface area contributed by atoms with Crippen molar-refractivity contribution in [2.24, 2.45) is 0 Å². The van der Waals surface area contributed by atoms with Crippen LogP contribution in [0.25, 0.3) is 5.31 Å². The summed E-state index contributed by atoms with van der Waals surface area (Å²) >= 11 is 6.03. The van der Waals surface area contributed by atoms with E-state index < -0.39 is 7.60 Å². The Morgan fingerprint density at radius 1 is 1.29 bits per heavy atom. The minimum absolute atomic E-state index is 0.292. The lowest BCUT2D eigenvalue weighted by Gasteiger charge is -2.19. The van der Waals surface area contributed by atoms with E-state index in [0.717, 1.165) is 0 Å². The van der Waals surface area contributed by atoms with Crippen LogP contribution in [0.3, 0.4) is 0 Å². The number of rotatable bonds is 6. The first kappa shape index (κ1) is 14.5. The third kappa shape index (κ3) is 3.43. The number of hydrogen-bond donors (Lipinski definition) is 0. The predicted molar refractivity (Wildman–Crippen MR) is 71.3 cm³/mol. The summed E-state index contributed by atoms with van der Waals surface area (Å²) in [5.41, 5.74) is 0.597. The summed E-state index contributed by atoms with van der Waals surface area (Å²) < 4.78 is 22.9. The normalized spacial score (nSPS) is 11.5. The molecule has 0 unspecified atom stereocenters. The Bertz CT molecular complexity index is 435. The molecule has 0 aliphatic heterocycles. The fraction of sp³-hybridized carbons (Fsp3) is 0.333. The fourth-order valence-electron chi connectivity index (χ4n) is 1.38. The molecule has 0 bridgehead atoms. The second-order valence-corrected chi connectivity index (χ2v) is 5.72. The van der Waals surface area contributed by atoms with E-state index in [2.05, 4.69) is 6.58 Å². The van der Waals surface area contributed by atoms with Gasteiger partial charge in [-0.05, 0) is 19.9 Å². The molecule has 0 aromatic heterocycles. The standard InChI is InChI=1S/C12H16ClO3P/c1-4-15-17(14,16-5-2)10(3)11-8-6-7-9-12(11)13/h6-9H,3-5H2,1-2H3. The molecule has 3 nitrogen and oxygen atoms in total. The molecule has 0 aliphatic rings. The zero-order valence-electron chi connectivity index (χ0n) is 9.98. The summed E-state index contributed by atoms with van der Waals surface area (Å²) in [7, 11) is -3.34. The largest absolute Gasteiger partial charge is 0.361 e. The van der Waals surface area contributed by atoms with Crippen LogP contribution in [0.1, 0.15) is 19.4 Å². The molecule has 5 heteroatoms. The SMILES string of the molecule is C=C(c1ccccc1Cl)P(=O)(OCC)OCC. The average Bonchev–Trinajstić information content (AvgIpc) is 2.29. The summed E-state index contributed by atoms with van der Waals surface area (Å²) in [6, 6.07) is 7.06. The molecule has 1 aromatic carbocycles. The average molecular weight is 275 g/mol. The van der Waals surface area contributed by atoms with E-state index in [-0.39, 0.29) is 0 Å². The molecule has 0 atom stereocenters. The lowest BCUT2D eigenvalue weighted by Crippen LogP contribution is -1.98. The van der Waals surface area contributed by atoms with Gasteiger partial charge in [-0.15, -0.1) is 0 Å². The van der Waals surface area contributed by atoms with Crippen molar-refractivity contribution in [1.29, 1.82) is 0 Å². The molecule has 0 saturated heterocycles. The maximum atomic E-state index is 12.5. The molecule has 0 aliphatic carbocycles.